The third-order valence-electron chi connectivity index (χ3n) is 5.13. The van der Waals surface area contributed by atoms with Gasteiger partial charge >= 0.3 is 12.1 Å². The van der Waals surface area contributed by atoms with Crippen LogP contribution in [0.5, 0.6) is 0 Å². The predicted octanol–water partition coefficient (Wildman–Crippen LogP) is 4.81. The number of allylic oxidation sites excluding steroid dienone is 1. The maximum absolute atomic E-state index is 14.1. The number of nitrogens with zero attached hydrogens (tertiary/aromatic N) is 1. The number of carbonyl (C=O) groups excluding carboxylic acids is 2. The zero-order valence-corrected chi connectivity index (χ0v) is 16.3. The first-order chi connectivity index (χ1) is 14.1. The molecule has 0 saturated heterocycles. The van der Waals surface area contributed by atoms with Crippen molar-refractivity contribution >= 4 is 11.9 Å². The Balaban J connectivity index is 2.06. The number of benzene rings is 2. The molecule has 1 aliphatic heterocycles. The first-order valence-corrected chi connectivity index (χ1v) is 9.13. The van der Waals surface area contributed by atoms with Crippen molar-refractivity contribution in [2.45, 2.75) is 32.0 Å². The van der Waals surface area contributed by atoms with Crippen LogP contribution in [0.3, 0.4) is 0 Å². The number of methoxy groups -OCH3 is 1. The molecular weight excluding hydrogens is 402 g/mol. The lowest BCUT2D eigenvalue weighted by molar-refractivity contribution is -0.138. The number of carbonyl (C=O) groups is 2. The van der Waals surface area contributed by atoms with Crippen molar-refractivity contribution in [3.8, 4) is 0 Å². The third-order valence-corrected chi connectivity index (χ3v) is 5.13. The van der Waals surface area contributed by atoms with Gasteiger partial charge in [-0.2, -0.15) is 13.2 Å². The quantitative estimate of drug-likeness (QED) is 0.526. The molecule has 30 heavy (non-hydrogen) atoms. The Labute approximate surface area is 170 Å². The average Bonchev–Trinajstić information content (AvgIpc) is 2.71. The van der Waals surface area contributed by atoms with Crippen LogP contribution in [-0.2, 0) is 27.0 Å². The molecule has 1 amide bonds. The summed E-state index contributed by atoms with van der Waals surface area (Å²) in [6.45, 7) is 1.40. The highest BCUT2D eigenvalue weighted by atomic mass is 19.4. The Morgan fingerprint density at radius 2 is 1.87 bits per heavy atom. The van der Waals surface area contributed by atoms with Crippen LogP contribution >= 0.6 is 0 Å². The Bertz CT molecular complexity index is 1010. The van der Waals surface area contributed by atoms with E-state index in [1.54, 1.807) is 6.07 Å². The van der Waals surface area contributed by atoms with Gasteiger partial charge in [-0.25, -0.2) is 9.18 Å². The highest BCUT2D eigenvalue weighted by Gasteiger charge is 2.38. The number of esters is 1. The van der Waals surface area contributed by atoms with Crippen molar-refractivity contribution in [3.63, 3.8) is 0 Å². The highest BCUT2D eigenvalue weighted by Crippen LogP contribution is 2.39. The molecule has 0 bridgehead atoms. The minimum Gasteiger partial charge on any atom is -0.466 e. The monoisotopic (exact) mass is 421 g/mol. The second-order valence-corrected chi connectivity index (χ2v) is 6.94. The van der Waals surface area contributed by atoms with E-state index >= 15 is 0 Å². The Kier molecular flexibility index (Phi) is 5.96. The number of alkyl halides is 3. The summed E-state index contributed by atoms with van der Waals surface area (Å²) in [7, 11) is 1.16. The molecule has 0 spiro atoms. The van der Waals surface area contributed by atoms with Crippen LogP contribution < -0.4 is 0 Å². The first kappa shape index (κ1) is 21.5. The summed E-state index contributed by atoms with van der Waals surface area (Å²) in [5, 5.41) is 0. The summed E-state index contributed by atoms with van der Waals surface area (Å²) in [4.78, 5) is 26.6. The molecule has 1 atom stereocenters. The molecule has 0 aliphatic carbocycles. The van der Waals surface area contributed by atoms with E-state index in [2.05, 4.69) is 0 Å². The molecule has 0 radical (unpaired) electrons. The van der Waals surface area contributed by atoms with Crippen molar-refractivity contribution in [3.05, 3.63) is 82.3 Å². The summed E-state index contributed by atoms with van der Waals surface area (Å²) in [5.74, 6) is -2.58. The van der Waals surface area contributed by atoms with Gasteiger partial charge in [0.05, 0.1) is 24.8 Å². The minimum absolute atomic E-state index is 0.0766. The van der Waals surface area contributed by atoms with Gasteiger partial charge in [0.15, 0.2) is 0 Å². The summed E-state index contributed by atoms with van der Waals surface area (Å²) < 4.78 is 58.3. The van der Waals surface area contributed by atoms with Gasteiger partial charge in [-0.3, -0.25) is 4.79 Å². The second kappa shape index (κ2) is 8.30. The molecule has 3 rings (SSSR count). The molecule has 0 N–H and O–H groups in total. The maximum atomic E-state index is 14.1. The van der Waals surface area contributed by atoms with Gasteiger partial charge in [0.2, 0.25) is 5.91 Å². The molecule has 0 saturated carbocycles. The van der Waals surface area contributed by atoms with Crippen LogP contribution in [0.2, 0.25) is 0 Å². The van der Waals surface area contributed by atoms with Crippen LogP contribution in [0.15, 0.2) is 59.8 Å². The van der Waals surface area contributed by atoms with Crippen LogP contribution in [0, 0.1) is 5.82 Å². The van der Waals surface area contributed by atoms with E-state index < -0.39 is 35.4 Å². The molecule has 0 fully saturated rings. The molecule has 1 unspecified atom stereocenters. The molecule has 0 aromatic heterocycles. The Hall–Kier alpha value is -3.16. The molecule has 4 nitrogen and oxygen atoms in total. The number of rotatable bonds is 4. The lowest BCUT2D eigenvalue weighted by Crippen LogP contribution is -2.38. The molecule has 2 aromatic carbocycles. The fourth-order valence-corrected chi connectivity index (χ4v) is 3.59. The van der Waals surface area contributed by atoms with Gasteiger partial charge in [0.1, 0.15) is 5.82 Å². The van der Waals surface area contributed by atoms with Gasteiger partial charge in [0, 0.05) is 23.6 Å². The van der Waals surface area contributed by atoms with Crippen molar-refractivity contribution in [2.24, 2.45) is 0 Å². The lowest BCUT2D eigenvalue weighted by Gasteiger charge is -2.34. The molecular formula is C22H19F4NO3. The van der Waals surface area contributed by atoms with E-state index in [-0.39, 0.29) is 35.4 Å². The minimum atomic E-state index is -4.56. The van der Waals surface area contributed by atoms with Gasteiger partial charge in [-0.05, 0) is 24.6 Å². The molecule has 158 valence electrons. The normalized spacial score (nSPS) is 17.3. The average molecular weight is 421 g/mol. The SMILES string of the molecule is COC(=O)C1=C(C)N(Cc2ccccc2F)C(=O)CC1c1cccc(C(F)(F)F)c1. The lowest BCUT2D eigenvalue weighted by atomic mass is 9.83. The van der Waals surface area contributed by atoms with Crippen LogP contribution in [0.1, 0.15) is 36.0 Å². The van der Waals surface area contributed by atoms with E-state index in [1.165, 1.54) is 42.2 Å². The summed E-state index contributed by atoms with van der Waals surface area (Å²) in [6, 6.07) is 10.5. The van der Waals surface area contributed by atoms with E-state index in [9.17, 15) is 27.2 Å². The topological polar surface area (TPSA) is 46.6 Å². The van der Waals surface area contributed by atoms with E-state index in [4.69, 9.17) is 4.74 Å². The second-order valence-electron chi connectivity index (χ2n) is 6.94. The van der Waals surface area contributed by atoms with E-state index in [0.717, 1.165) is 19.2 Å². The van der Waals surface area contributed by atoms with E-state index in [0.29, 0.717) is 0 Å². The van der Waals surface area contributed by atoms with Crippen molar-refractivity contribution in [1.82, 2.24) is 4.90 Å². The fourth-order valence-electron chi connectivity index (χ4n) is 3.59. The number of halogens is 4. The van der Waals surface area contributed by atoms with Crippen molar-refractivity contribution in [2.75, 3.05) is 7.11 Å². The smallest absolute Gasteiger partial charge is 0.416 e. The molecule has 2 aromatic rings. The number of hydrogen-bond acceptors (Lipinski definition) is 3. The largest absolute Gasteiger partial charge is 0.466 e. The third kappa shape index (κ3) is 4.22. The Morgan fingerprint density at radius 1 is 1.17 bits per heavy atom. The molecule has 1 aliphatic rings. The van der Waals surface area contributed by atoms with Crippen molar-refractivity contribution < 1.29 is 31.9 Å². The predicted molar refractivity (Wildman–Crippen MR) is 100 cm³/mol. The van der Waals surface area contributed by atoms with Crippen LogP contribution in [-0.4, -0.2) is 23.9 Å². The summed E-state index contributed by atoms with van der Waals surface area (Å²) in [5.41, 5.74) is -0.130. The maximum Gasteiger partial charge on any atom is 0.416 e. The molecule has 1 heterocycles. The van der Waals surface area contributed by atoms with Gasteiger partial charge < -0.3 is 9.64 Å². The summed E-state index contributed by atoms with van der Waals surface area (Å²) in [6.07, 6.45) is -4.80. The first-order valence-electron chi connectivity index (χ1n) is 9.13. The van der Waals surface area contributed by atoms with Crippen LogP contribution in [0.25, 0.3) is 0 Å². The van der Waals surface area contributed by atoms with Crippen LogP contribution in [0.4, 0.5) is 17.6 Å². The fraction of sp³-hybridized carbons (Fsp3) is 0.273. The zero-order valence-electron chi connectivity index (χ0n) is 16.3. The number of ether oxygens (including phenoxy) is 1. The van der Waals surface area contributed by atoms with Crippen molar-refractivity contribution in [1.29, 1.82) is 0 Å². The number of amides is 1. The van der Waals surface area contributed by atoms with Gasteiger partial charge in [0.25, 0.3) is 0 Å². The highest BCUT2D eigenvalue weighted by molar-refractivity contribution is 5.95. The van der Waals surface area contributed by atoms with Gasteiger partial charge in [-0.15, -0.1) is 0 Å². The van der Waals surface area contributed by atoms with Gasteiger partial charge in [-0.1, -0.05) is 36.4 Å². The summed E-state index contributed by atoms with van der Waals surface area (Å²) >= 11 is 0. The standard InChI is InChI=1S/C22H19F4NO3/c1-13-20(21(29)30-2)17(14-7-5-8-16(10-14)22(24,25)26)11-19(28)27(13)12-15-6-3-4-9-18(15)23/h3-10,17H,11-12H2,1-2H3. The Morgan fingerprint density at radius 3 is 2.50 bits per heavy atom. The number of hydrogen-bond donors (Lipinski definition) is 0. The molecule has 8 heteroatoms. The zero-order chi connectivity index (χ0) is 22.1. The van der Waals surface area contributed by atoms with E-state index in [1.807, 2.05) is 0 Å².